The van der Waals surface area contributed by atoms with Crippen molar-refractivity contribution >= 4 is 70.2 Å². The molecule has 1 radical (unpaired) electrons. The summed E-state index contributed by atoms with van der Waals surface area (Å²) in [7, 11) is 2.43. The van der Waals surface area contributed by atoms with Crippen molar-refractivity contribution in [1.82, 2.24) is 0 Å². The van der Waals surface area contributed by atoms with Gasteiger partial charge in [-0.2, -0.15) is 0 Å². The summed E-state index contributed by atoms with van der Waals surface area (Å²) in [5.74, 6) is 1.69. The molecular weight excluding hydrogens is 671 g/mol. The van der Waals surface area contributed by atoms with E-state index in [2.05, 4.69) is 150 Å². The molecule has 0 atom stereocenters. The molecule has 0 spiro atoms. The van der Waals surface area contributed by atoms with E-state index >= 15 is 0 Å². The van der Waals surface area contributed by atoms with Gasteiger partial charge in [0.2, 0.25) is 0 Å². The van der Waals surface area contributed by atoms with Crippen LogP contribution in [0.1, 0.15) is 62.8 Å². The molecule has 1 N–H and O–H groups in total. The second-order valence-corrected chi connectivity index (χ2v) is 18.3. The molecule has 10 rings (SSSR count). The van der Waals surface area contributed by atoms with Gasteiger partial charge in [0, 0.05) is 42.2 Å². The van der Waals surface area contributed by atoms with E-state index in [-0.39, 0.29) is 10.8 Å². The first kappa shape index (κ1) is 32.2. The molecule has 0 bridgehead atoms. The van der Waals surface area contributed by atoms with Gasteiger partial charge < -0.3 is 15.0 Å². The number of nitrogens with zero attached hydrogens (tertiary/aromatic N) is 1. The third-order valence-corrected chi connectivity index (χ3v) is 14.1. The number of para-hydroxylation sites is 3. The number of hydrogen-bond acceptors (Lipinski definition) is 5. The molecule has 255 valence electrons. The quantitative estimate of drug-likeness (QED) is 0.180. The van der Waals surface area contributed by atoms with Crippen LogP contribution in [0.4, 0.5) is 28.4 Å². The average molecular weight is 712 g/mol. The Balaban J connectivity index is 1.21. The van der Waals surface area contributed by atoms with Gasteiger partial charge in [-0.25, -0.2) is 0 Å². The molecule has 0 saturated carbocycles. The fraction of sp³-hybridized carbons (Fsp3) is 0.217. The largest absolute Gasteiger partial charge is 0.453 e. The SMILES string of the molecule is Cc1cc(-c2cccc3c2Nc2ccccc2O3)c2c(c1)N(c1cc3c(cc1C)C(C)(C)CCC3(C)C)c1cc3c(cc1[B]2)Sc1ccccc1S3. The van der Waals surface area contributed by atoms with E-state index < -0.39 is 0 Å². The standard InChI is InChI=1S/C46H40BN2OS2/c1-26-20-29(28-12-11-15-38-44(28)48-33-13-7-8-14-37(33)50-38)43-36(21-26)49(34-23-31-30(22-27(34)2)45(3,4)18-19-46(31,5)6)35-25-42-41(24-32(35)47-43)51-39-16-9-10-17-40(39)52-42/h7-17,20-25,48H,18-19H2,1-6H3. The van der Waals surface area contributed by atoms with Gasteiger partial charge in [-0.3, -0.25) is 0 Å². The number of ether oxygens (including phenoxy) is 1. The Morgan fingerprint density at radius 3 is 2.08 bits per heavy atom. The lowest BCUT2D eigenvalue weighted by atomic mass is 9.58. The second-order valence-electron chi connectivity index (χ2n) is 16.1. The highest BCUT2D eigenvalue weighted by Gasteiger charge is 2.39. The first-order valence-corrected chi connectivity index (χ1v) is 19.9. The maximum atomic E-state index is 6.47. The van der Waals surface area contributed by atoms with Crippen LogP contribution in [0, 0.1) is 13.8 Å². The molecule has 6 heteroatoms. The molecule has 6 aromatic rings. The summed E-state index contributed by atoms with van der Waals surface area (Å²) >= 11 is 3.77. The minimum atomic E-state index is 0.0930. The molecule has 4 aliphatic rings. The molecule has 0 aromatic heterocycles. The van der Waals surface area contributed by atoms with Crippen LogP contribution in [0.25, 0.3) is 11.1 Å². The van der Waals surface area contributed by atoms with Crippen LogP contribution in [0.15, 0.2) is 123 Å². The molecule has 3 heterocycles. The Labute approximate surface area is 316 Å². The van der Waals surface area contributed by atoms with Crippen molar-refractivity contribution in [3.05, 3.63) is 125 Å². The van der Waals surface area contributed by atoms with E-state index in [1.165, 1.54) is 88.2 Å². The molecule has 0 fully saturated rings. The maximum Gasteiger partial charge on any atom is 0.197 e. The van der Waals surface area contributed by atoms with Gasteiger partial charge in [0.15, 0.2) is 18.8 Å². The highest BCUT2D eigenvalue weighted by Crippen LogP contribution is 2.53. The summed E-state index contributed by atoms with van der Waals surface area (Å²) in [6.45, 7) is 14.3. The summed E-state index contributed by atoms with van der Waals surface area (Å²) < 4.78 is 6.47. The van der Waals surface area contributed by atoms with Crippen molar-refractivity contribution in [2.45, 2.75) is 84.8 Å². The molecule has 3 nitrogen and oxygen atoms in total. The van der Waals surface area contributed by atoms with E-state index in [1.807, 2.05) is 35.7 Å². The Hall–Kier alpha value is -4.52. The van der Waals surface area contributed by atoms with E-state index in [0.717, 1.165) is 28.4 Å². The fourth-order valence-corrected chi connectivity index (χ4v) is 10.9. The zero-order valence-electron chi connectivity index (χ0n) is 30.5. The summed E-state index contributed by atoms with van der Waals surface area (Å²) in [5, 5.41) is 3.75. The normalized spacial score (nSPS) is 16.7. The van der Waals surface area contributed by atoms with Crippen LogP contribution < -0.4 is 25.9 Å². The zero-order valence-corrected chi connectivity index (χ0v) is 32.1. The van der Waals surface area contributed by atoms with Crippen molar-refractivity contribution in [2.75, 3.05) is 10.2 Å². The lowest BCUT2D eigenvalue weighted by Gasteiger charge is -2.44. The van der Waals surface area contributed by atoms with Gasteiger partial charge in [-0.05, 0) is 119 Å². The number of fused-ring (bicyclic) bond motifs is 7. The molecule has 3 aliphatic heterocycles. The maximum absolute atomic E-state index is 6.47. The number of nitrogens with one attached hydrogen (secondary N) is 1. The van der Waals surface area contributed by atoms with Crippen LogP contribution >= 0.6 is 23.5 Å². The summed E-state index contributed by atoms with van der Waals surface area (Å²) in [6.07, 6.45) is 2.38. The lowest BCUT2D eigenvalue weighted by molar-refractivity contribution is 0.332. The number of hydrogen-bond donors (Lipinski definition) is 1. The van der Waals surface area contributed by atoms with Crippen molar-refractivity contribution in [3.63, 3.8) is 0 Å². The van der Waals surface area contributed by atoms with Crippen LogP contribution in [-0.4, -0.2) is 7.28 Å². The van der Waals surface area contributed by atoms with Crippen LogP contribution in [0.5, 0.6) is 11.5 Å². The molecule has 0 amide bonds. The van der Waals surface area contributed by atoms with Crippen molar-refractivity contribution in [2.24, 2.45) is 0 Å². The Morgan fingerprint density at radius 2 is 1.31 bits per heavy atom. The average Bonchev–Trinajstić information content (AvgIpc) is 3.13. The topological polar surface area (TPSA) is 24.5 Å². The monoisotopic (exact) mass is 711 g/mol. The van der Waals surface area contributed by atoms with E-state index in [9.17, 15) is 0 Å². The van der Waals surface area contributed by atoms with E-state index in [1.54, 1.807) is 0 Å². The van der Waals surface area contributed by atoms with E-state index in [4.69, 9.17) is 4.74 Å². The molecule has 0 unspecified atom stereocenters. The molecule has 52 heavy (non-hydrogen) atoms. The minimum absolute atomic E-state index is 0.0930. The summed E-state index contributed by atoms with van der Waals surface area (Å²) in [5.41, 5.74) is 16.2. The summed E-state index contributed by atoms with van der Waals surface area (Å²) in [6, 6.07) is 38.0. The predicted octanol–water partition coefficient (Wildman–Crippen LogP) is 12.2. The van der Waals surface area contributed by atoms with Crippen molar-refractivity contribution in [3.8, 4) is 22.6 Å². The van der Waals surface area contributed by atoms with Gasteiger partial charge in [0.1, 0.15) is 0 Å². The first-order chi connectivity index (χ1) is 25.0. The number of aryl methyl sites for hydroxylation is 2. The first-order valence-electron chi connectivity index (χ1n) is 18.3. The predicted molar refractivity (Wildman–Crippen MR) is 221 cm³/mol. The van der Waals surface area contributed by atoms with Gasteiger partial charge in [0.25, 0.3) is 0 Å². The van der Waals surface area contributed by atoms with Crippen molar-refractivity contribution < 1.29 is 4.74 Å². The summed E-state index contributed by atoms with van der Waals surface area (Å²) in [4.78, 5) is 7.84. The van der Waals surface area contributed by atoms with Crippen molar-refractivity contribution in [1.29, 1.82) is 0 Å². The highest BCUT2D eigenvalue weighted by molar-refractivity contribution is 8.05. The number of rotatable bonds is 2. The van der Waals surface area contributed by atoms with Crippen LogP contribution in [-0.2, 0) is 10.8 Å². The molecule has 0 saturated heterocycles. The van der Waals surface area contributed by atoms with Gasteiger partial charge in [-0.15, -0.1) is 0 Å². The highest BCUT2D eigenvalue weighted by atomic mass is 32.2. The van der Waals surface area contributed by atoms with Crippen LogP contribution in [0.2, 0.25) is 0 Å². The smallest absolute Gasteiger partial charge is 0.197 e. The minimum Gasteiger partial charge on any atom is -0.453 e. The Kier molecular flexibility index (Phi) is 7.11. The lowest BCUT2D eigenvalue weighted by Crippen LogP contribution is -2.42. The Morgan fingerprint density at radius 1 is 0.635 bits per heavy atom. The van der Waals surface area contributed by atoms with Gasteiger partial charge in [-0.1, -0.05) is 111 Å². The van der Waals surface area contributed by atoms with Gasteiger partial charge in [0.05, 0.1) is 11.4 Å². The third kappa shape index (κ3) is 4.98. The molecule has 6 aromatic carbocycles. The van der Waals surface area contributed by atoms with Crippen LogP contribution in [0.3, 0.4) is 0 Å². The third-order valence-electron chi connectivity index (χ3n) is 11.6. The molecular formula is C46H40BN2OS2. The zero-order chi connectivity index (χ0) is 35.5. The number of anilines is 5. The van der Waals surface area contributed by atoms with E-state index in [0.29, 0.717) is 0 Å². The second kappa shape index (κ2) is 11.5. The molecule has 1 aliphatic carbocycles. The fourth-order valence-electron chi connectivity index (χ4n) is 8.61. The Bertz CT molecular complexity index is 2500. The van der Waals surface area contributed by atoms with Gasteiger partial charge >= 0.3 is 0 Å². The number of benzene rings is 6.